The van der Waals surface area contributed by atoms with Crippen LogP contribution in [0.4, 0.5) is 10.1 Å². The van der Waals surface area contributed by atoms with E-state index in [-0.39, 0.29) is 24.3 Å². The number of hydrogen-bond donors (Lipinski definition) is 1. The Morgan fingerprint density at radius 3 is 2.71 bits per heavy atom. The van der Waals surface area contributed by atoms with Crippen LogP contribution in [0.15, 0.2) is 30.4 Å². The Morgan fingerprint density at radius 2 is 1.93 bits per heavy atom. The number of Topliss-reactive ketones (excluding diaryl/α,β-unsaturated/α-hetero) is 1. The van der Waals surface area contributed by atoms with Gasteiger partial charge in [-0.2, -0.15) is 0 Å². The SMILES string of the molecule is O=C1OCC=CC(F)C(=O)CCCC=Cc2cc(N3CCOCC3)cc(O)c21. The summed E-state index contributed by atoms with van der Waals surface area (Å²) in [6.45, 7) is 2.42. The van der Waals surface area contributed by atoms with Gasteiger partial charge in [-0.1, -0.05) is 12.2 Å². The molecule has 1 N–H and O–H groups in total. The number of anilines is 1. The van der Waals surface area contributed by atoms with Crippen molar-refractivity contribution in [3.05, 3.63) is 41.5 Å². The number of rotatable bonds is 1. The summed E-state index contributed by atoms with van der Waals surface area (Å²) in [4.78, 5) is 26.3. The quantitative estimate of drug-likeness (QED) is 0.588. The van der Waals surface area contributed by atoms with E-state index >= 15 is 0 Å². The van der Waals surface area contributed by atoms with Gasteiger partial charge >= 0.3 is 5.97 Å². The van der Waals surface area contributed by atoms with Crippen molar-refractivity contribution in [3.63, 3.8) is 0 Å². The van der Waals surface area contributed by atoms with Gasteiger partial charge in [0.15, 0.2) is 12.0 Å². The molecular formula is C21H24FNO5. The number of hydrogen-bond acceptors (Lipinski definition) is 6. The molecule has 0 bridgehead atoms. The largest absolute Gasteiger partial charge is 0.507 e. The molecule has 1 unspecified atom stereocenters. The number of ketones is 1. The lowest BCUT2D eigenvalue weighted by molar-refractivity contribution is -0.122. The van der Waals surface area contributed by atoms with Crippen LogP contribution in [-0.4, -0.2) is 55.9 Å². The number of aromatic hydroxyl groups is 1. The van der Waals surface area contributed by atoms with Crippen LogP contribution in [-0.2, 0) is 14.3 Å². The summed E-state index contributed by atoms with van der Waals surface area (Å²) < 4.78 is 24.2. The average molecular weight is 389 g/mol. The zero-order chi connectivity index (χ0) is 19.9. The Balaban J connectivity index is 1.90. The van der Waals surface area contributed by atoms with Gasteiger partial charge < -0.3 is 19.5 Å². The summed E-state index contributed by atoms with van der Waals surface area (Å²) in [6.07, 6.45) is 5.47. The summed E-state index contributed by atoms with van der Waals surface area (Å²) in [5, 5.41) is 10.5. The van der Waals surface area contributed by atoms with Crippen LogP contribution >= 0.6 is 0 Å². The van der Waals surface area contributed by atoms with Crippen LogP contribution < -0.4 is 4.90 Å². The number of phenols is 1. The van der Waals surface area contributed by atoms with Crippen molar-refractivity contribution in [1.29, 1.82) is 0 Å². The number of morpholine rings is 1. The highest BCUT2D eigenvalue weighted by Gasteiger charge is 2.21. The number of alkyl halides is 1. The fraction of sp³-hybridized carbons (Fsp3) is 0.429. The fourth-order valence-corrected chi connectivity index (χ4v) is 3.21. The van der Waals surface area contributed by atoms with E-state index in [1.54, 1.807) is 12.1 Å². The van der Waals surface area contributed by atoms with E-state index in [9.17, 15) is 19.1 Å². The van der Waals surface area contributed by atoms with E-state index in [1.165, 1.54) is 6.08 Å². The predicted molar refractivity (Wildman–Crippen MR) is 103 cm³/mol. The third-order valence-corrected chi connectivity index (χ3v) is 4.73. The first-order valence-electron chi connectivity index (χ1n) is 9.43. The van der Waals surface area contributed by atoms with Crippen LogP contribution in [0.1, 0.15) is 35.2 Å². The van der Waals surface area contributed by atoms with E-state index < -0.39 is 17.9 Å². The molecule has 7 heteroatoms. The van der Waals surface area contributed by atoms with Gasteiger partial charge in [0.2, 0.25) is 0 Å². The minimum atomic E-state index is -1.69. The molecule has 2 aliphatic rings. The number of carbonyl (C=O) groups is 2. The van der Waals surface area contributed by atoms with Gasteiger partial charge in [0.1, 0.15) is 17.9 Å². The first-order chi connectivity index (χ1) is 13.6. The maximum absolute atomic E-state index is 13.7. The highest BCUT2D eigenvalue weighted by atomic mass is 19.1. The lowest BCUT2D eigenvalue weighted by Gasteiger charge is -2.29. The van der Waals surface area contributed by atoms with Gasteiger partial charge in [0, 0.05) is 31.3 Å². The molecule has 0 saturated carbocycles. The number of fused-ring (bicyclic) bond motifs is 1. The highest BCUT2D eigenvalue weighted by Crippen LogP contribution is 2.31. The van der Waals surface area contributed by atoms with Gasteiger partial charge in [-0.05, 0) is 36.6 Å². The van der Waals surface area contributed by atoms with Gasteiger partial charge in [-0.3, -0.25) is 4.79 Å². The summed E-state index contributed by atoms with van der Waals surface area (Å²) in [6, 6.07) is 3.39. The van der Waals surface area contributed by atoms with Crippen LogP contribution in [0.25, 0.3) is 6.08 Å². The first-order valence-corrected chi connectivity index (χ1v) is 9.43. The molecule has 0 aliphatic carbocycles. The fourth-order valence-electron chi connectivity index (χ4n) is 3.21. The number of phenolic OH excluding ortho intramolecular Hbond substituents is 1. The summed E-state index contributed by atoms with van der Waals surface area (Å²) in [5.41, 5.74) is 1.42. The van der Waals surface area contributed by atoms with E-state index in [4.69, 9.17) is 9.47 Å². The van der Waals surface area contributed by atoms with Crippen molar-refractivity contribution in [2.24, 2.45) is 0 Å². The number of carbonyl (C=O) groups excluding carboxylic acids is 2. The molecule has 1 saturated heterocycles. The minimum Gasteiger partial charge on any atom is -0.507 e. The molecule has 150 valence electrons. The molecule has 0 aromatic heterocycles. The molecule has 1 aromatic carbocycles. The van der Waals surface area contributed by atoms with Gasteiger partial charge in [-0.15, -0.1) is 0 Å². The Bertz CT molecular complexity index is 783. The second-order valence-corrected chi connectivity index (χ2v) is 6.72. The number of allylic oxidation sites excluding steroid dienone is 2. The van der Waals surface area contributed by atoms with Crippen LogP contribution in [0.5, 0.6) is 5.75 Å². The monoisotopic (exact) mass is 389 g/mol. The van der Waals surface area contributed by atoms with Gasteiger partial charge in [-0.25, -0.2) is 9.18 Å². The van der Waals surface area contributed by atoms with Crippen LogP contribution in [0, 0.1) is 0 Å². The number of halogens is 1. The average Bonchev–Trinajstić information content (AvgIpc) is 2.70. The van der Waals surface area contributed by atoms with Crippen molar-refractivity contribution in [2.75, 3.05) is 37.8 Å². The number of nitrogens with zero attached hydrogens (tertiary/aromatic N) is 1. The zero-order valence-electron chi connectivity index (χ0n) is 15.6. The highest BCUT2D eigenvalue weighted by molar-refractivity contribution is 5.97. The Hall–Kier alpha value is -2.67. The third-order valence-electron chi connectivity index (χ3n) is 4.73. The Labute approximate surface area is 163 Å². The van der Waals surface area contributed by atoms with Crippen molar-refractivity contribution < 1.29 is 28.6 Å². The van der Waals surface area contributed by atoms with E-state index in [0.29, 0.717) is 44.7 Å². The van der Waals surface area contributed by atoms with E-state index in [0.717, 1.165) is 11.8 Å². The smallest absolute Gasteiger partial charge is 0.342 e. The van der Waals surface area contributed by atoms with Gasteiger partial charge in [0.05, 0.1) is 13.2 Å². The molecule has 6 nitrogen and oxygen atoms in total. The van der Waals surface area contributed by atoms with Crippen molar-refractivity contribution in [2.45, 2.75) is 25.4 Å². The molecular weight excluding hydrogens is 365 g/mol. The second kappa shape index (κ2) is 9.50. The summed E-state index contributed by atoms with van der Waals surface area (Å²) in [7, 11) is 0. The summed E-state index contributed by atoms with van der Waals surface area (Å²) >= 11 is 0. The zero-order valence-corrected chi connectivity index (χ0v) is 15.6. The minimum absolute atomic E-state index is 0.0755. The normalized spacial score (nSPS) is 21.8. The van der Waals surface area contributed by atoms with E-state index in [1.807, 2.05) is 12.1 Å². The number of ether oxygens (including phenoxy) is 2. The van der Waals surface area contributed by atoms with Crippen molar-refractivity contribution >= 4 is 23.5 Å². The molecule has 2 aliphatic heterocycles. The first kappa shape index (κ1) is 20.1. The van der Waals surface area contributed by atoms with Crippen molar-refractivity contribution in [3.8, 4) is 5.75 Å². The predicted octanol–water partition coefficient (Wildman–Crippen LogP) is 3.05. The topological polar surface area (TPSA) is 76.1 Å². The molecule has 3 rings (SSSR count). The molecule has 0 amide bonds. The van der Waals surface area contributed by atoms with E-state index in [2.05, 4.69) is 4.90 Å². The lowest BCUT2D eigenvalue weighted by Crippen LogP contribution is -2.36. The van der Waals surface area contributed by atoms with Crippen LogP contribution in [0.3, 0.4) is 0 Å². The number of cyclic esters (lactones) is 1. The molecule has 1 fully saturated rings. The third kappa shape index (κ3) is 4.98. The maximum atomic E-state index is 13.7. The molecule has 0 radical (unpaired) electrons. The number of benzene rings is 1. The standard InChI is InChI=1S/C21H24FNO5/c22-17-6-4-10-28-21(26)20-15(5-2-1-3-7-18(17)24)13-16(14-19(20)25)23-8-11-27-12-9-23/h2,4-6,13-14,17,25H,1,3,7-12H2. The molecule has 1 aromatic rings. The Kier molecular flexibility index (Phi) is 6.81. The summed E-state index contributed by atoms with van der Waals surface area (Å²) in [5.74, 6) is -1.35. The Morgan fingerprint density at radius 1 is 1.14 bits per heavy atom. The number of esters is 1. The lowest BCUT2D eigenvalue weighted by atomic mass is 10.0. The van der Waals surface area contributed by atoms with Gasteiger partial charge in [0.25, 0.3) is 0 Å². The maximum Gasteiger partial charge on any atom is 0.342 e. The second-order valence-electron chi connectivity index (χ2n) is 6.72. The van der Waals surface area contributed by atoms with Crippen molar-refractivity contribution in [1.82, 2.24) is 0 Å². The van der Waals surface area contributed by atoms with Crippen LogP contribution in [0.2, 0.25) is 0 Å². The molecule has 28 heavy (non-hydrogen) atoms. The molecule has 2 heterocycles. The molecule has 0 spiro atoms. The molecule has 1 atom stereocenters.